The molecule has 0 saturated heterocycles. The summed E-state index contributed by atoms with van der Waals surface area (Å²) >= 11 is 3.26. The molecule has 0 aliphatic rings. The molecule has 0 unspecified atom stereocenters. The second-order valence-electron chi connectivity index (χ2n) is 3.54. The fourth-order valence-electron chi connectivity index (χ4n) is 1.49. The fraction of sp³-hybridized carbons (Fsp3) is 0.417. The minimum Gasteiger partial charge on any atom is -0.374 e. The molecule has 1 amide bonds. The summed E-state index contributed by atoms with van der Waals surface area (Å²) in [6, 6.07) is 4.59. The van der Waals surface area contributed by atoms with Crippen molar-refractivity contribution in [3.63, 3.8) is 0 Å². The van der Waals surface area contributed by atoms with E-state index in [2.05, 4.69) is 21.2 Å². The molecule has 17 heavy (non-hydrogen) atoms. The van der Waals surface area contributed by atoms with E-state index in [0.717, 1.165) is 4.47 Å². The van der Waals surface area contributed by atoms with E-state index in [9.17, 15) is 9.18 Å². The van der Waals surface area contributed by atoms with Crippen LogP contribution in [0.5, 0.6) is 0 Å². The maximum Gasteiger partial charge on any atom is 0.241 e. The van der Waals surface area contributed by atoms with Crippen molar-refractivity contribution in [3.8, 4) is 0 Å². The third-order valence-corrected chi connectivity index (χ3v) is 2.97. The Morgan fingerprint density at radius 2 is 2.06 bits per heavy atom. The summed E-state index contributed by atoms with van der Waals surface area (Å²) in [5.74, 6) is -0.394. The Hall–Kier alpha value is -1.10. The zero-order valence-electron chi connectivity index (χ0n) is 9.96. The highest BCUT2D eigenvalue weighted by atomic mass is 79.9. The lowest BCUT2D eigenvalue weighted by Crippen LogP contribution is -2.35. The Morgan fingerprint density at radius 3 is 2.65 bits per heavy atom. The first-order valence-corrected chi connectivity index (χ1v) is 6.34. The largest absolute Gasteiger partial charge is 0.374 e. The monoisotopic (exact) mass is 302 g/mol. The third kappa shape index (κ3) is 4.00. The first-order valence-electron chi connectivity index (χ1n) is 5.55. The third-order valence-electron chi connectivity index (χ3n) is 2.47. The Labute approximate surface area is 109 Å². The van der Waals surface area contributed by atoms with Crippen molar-refractivity contribution in [1.82, 2.24) is 4.90 Å². The molecule has 0 atom stereocenters. The number of hydrogen-bond donors (Lipinski definition) is 1. The van der Waals surface area contributed by atoms with E-state index in [1.165, 1.54) is 6.07 Å². The van der Waals surface area contributed by atoms with Gasteiger partial charge in [-0.1, -0.05) is 15.9 Å². The molecule has 5 heteroatoms. The number of likely N-dealkylation sites (N-methyl/N-ethyl adjacent to an activating group) is 1. The number of rotatable bonds is 5. The second kappa shape index (κ2) is 6.59. The van der Waals surface area contributed by atoms with Crippen LogP contribution < -0.4 is 5.32 Å². The molecule has 3 nitrogen and oxygen atoms in total. The SMILES string of the molecule is CCN(CC)C(=O)CNc1cc(Br)ccc1F. The molecule has 0 fully saturated rings. The predicted octanol–water partition coefficient (Wildman–Crippen LogP) is 2.87. The summed E-state index contributed by atoms with van der Waals surface area (Å²) in [6.45, 7) is 5.27. The molecule has 0 heterocycles. The van der Waals surface area contributed by atoms with E-state index in [1.54, 1.807) is 17.0 Å². The molecular formula is C12H16BrFN2O. The number of nitrogens with one attached hydrogen (secondary N) is 1. The lowest BCUT2D eigenvalue weighted by molar-refractivity contribution is -0.128. The number of amides is 1. The second-order valence-corrected chi connectivity index (χ2v) is 4.46. The maximum absolute atomic E-state index is 13.4. The van der Waals surface area contributed by atoms with Gasteiger partial charge in [-0.2, -0.15) is 0 Å². The van der Waals surface area contributed by atoms with Crippen molar-refractivity contribution < 1.29 is 9.18 Å². The summed E-state index contributed by atoms with van der Waals surface area (Å²) in [4.78, 5) is 13.4. The van der Waals surface area contributed by atoms with Gasteiger partial charge in [-0.05, 0) is 32.0 Å². The van der Waals surface area contributed by atoms with Gasteiger partial charge in [0.25, 0.3) is 0 Å². The van der Waals surface area contributed by atoms with Gasteiger partial charge in [-0.3, -0.25) is 4.79 Å². The van der Waals surface area contributed by atoms with Gasteiger partial charge in [-0.15, -0.1) is 0 Å². The van der Waals surface area contributed by atoms with Crippen LogP contribution in [0.15, 0.2) is 22.7 Å². The Bertz CT molecular complexity index is 394. The van der Waals surface area contributed by atoms with Crippen LogP contribution in [-0.2, 0) is 4.79 Å². The molecule has 1 aromatic rings. The zero-order chi connectivity index (χ0) is 12.8. The number of carbonyl (C=O) groups excluding carboxylic acids is 1. The summed E-state index contributed by atoms with van der Waals surface area (Å²) in [6.07, 6.45) is 0. The predicted molar refractivity (Wildman–Crippen MR) is 70.5 cm³/mol. The molecule has 1 rings (SSSR count). The number of halogens is 2. The van der Waals surface area contributed by atoms with E-state index in [1.807, 2.05) is 13.8 Å². The van der Waals surface area contributed by atoms with Gasteiger partial charge in [0.15, 0.2) is 0 Å². The molecule has 1 aromatic carbocycles. The summed E-state index contributed by atoms with van der Waals surface area (Å²) in [5.41, 5.74) is 0.333. The number of hydrogen-bond acceptors (Lipinski definition) is 2. The van der Waals surface area contributed by atoms with E-state index < -0.39 is 0 Å². The van der Waals surface area contributed by atoms with Gasteiger partial charge >= 0.3 is 0 Å². The summed E-state index contributed by atoms with van der Waals surface area (Å²) < 4.78 is 14.2. The lowest BCUT2D eigenvalue weighted by atomic mass is 10.3. The van der Waals surface area contributed by atoms with Crippen molar-refractivity contribution in [2.45, 2.75) is 13.8 Å². The summed E-state index contributed by atoms with van der Waals surface area (Å²) in [7, 11) is 0. The number of anilines is 1. The zero-order valence-corrected chi connectivity index (χ0v) is 11.6. The highest BCUT2D eigenvalue weighted by Crippen LogP contribution is 2.19. The Morgan fingerprint density at radius 1 is 1.41 bits per heavy atom. The normalized spacial score (nSPS) is 10.1. The van der Waals surface area contributed by atoms with Gasteiger partial charge in [0.2, 0.25) is 5.91 Å². The molecule has 0 aliphatic carbocycles. The Kier molecular flexibility index (Phi) is 5.41. The average molecular weight is 303 g/mol. The minimum atomic E-state index is -0.361. The van der Waals surface area contributed by atoms with Crippen LogP contribution in [0.1, 0.15) is 13.8 Å². The van der Waals surface area contributed by atoms with Crippen molar-refractivity contribution in [1.29, 1.82) is 0 Å². The van der Waals surface area contributed by atoms with Gasteiger partial charge in [0.05, 0.1) is 12.2 Å². The number of carbonyl (C=O) groups is 1. The molecule has 94 valence electrons. The molecule has 0 aliphatic heterocycles. The van der Waals surface area contributed by atoms with E-state index in [0.29, 0.717) is 18.8 Å². The highest BCUT2D eigenvalue weighted by Gasteiger charge is 2.10. The van der Waals surface area contributed by atoms with Crippen LogP contribution in [-0.4, -0.2) is 30.4 Å². The van der Waals surface area contributed by atoms with E-state index >= 15 is 0 Å². The quantitative estimate of drug-likeness (QED) is 0.907. The van der Waals surface area contributed by atoms with Crippen LogP contribution in [0, 0.1) is 5.82 Å². The molecule has 0 aromatic heterocycles. The highest BCUT2D eigenvalue weighted by molar-refractivity contribution is 9.10. The van der Waals surface area contributed by atoms with Crippen LogP contribution in [0.25, 0.3) is 0 Å². The van der Waals surface area contributed by atoms with Crippen molar-refractivity contribution in [2.24, 2.45) is 0 Å². The molecule has 0 bridgehead atoms. The van der Waals surface area contributed by atoms with Gasteiger partial charge in [0.1, 0.15) is 5.82 Å². The molecule has 0 spiro atoms. The smallest absolute Gasteiger partial charge is 0.241 e. The van der Waals surface area contributed by atoms with E-state index in [-0.39, 0.29) is 18.3 Å². The van der Waals surface area contributed by atoms with Crippen molar-refractivity contribution in [2.75, 3.05) is 25.0 Å². The Balaban J connectivity index is 2.61. The van der Waals surface area contributed by atoms with Crippen molar-refractivity contribution >= 4 is 27.5 Å². The van der Waals surface area contributed by atoms with Crippen LogP contribution in [0.4, 0.5) is 10.1 Å². The van der Waals surface area contributed by atoms with E-state index in [4.69, 9.17) is 0 Å². The van der Waals surface area contributed by atoms with Crippen LogP contribution in [0.3, 0.4) is 0 Å². The van der Waals surface area contributed by atoms with Crippen molar-refractivity contribution in [3.05, 3.63) is 28.5 Å². The first-order chi connectivity index (χ1) is 8.08. The first kappa shape index (κ1) is 14.0. The van der Waals surface area contributed by atoms with Gasteiger partial charge < -0.3 is 10.2 Å². The van der Waals surface area contributed by atoms with Crippen LogP contribution in [0.2, 0.25) is 0 Å². The maximum atomic E-state index is 13.4. The van der Waals surface area contributed by atoms with Crippen LogP contribution >= 0.6 is 15.9 Å². The molecular weight excluding hydrogens is 287 g/mol. The standard InChI is InChI=1S/C12H16BrFN2O/c1-3-16(4-2)12(17)8-15-11-7-9(13)5-6-10(11)14/h5-7,15H,3-4,8H2,1-2H3. The molecule has 0 radical (unpaired) electrons. The topological polar surface area (TPSA) is 32.3 Å². The molecule has 1 N–H and O–H groups in total. The van der Waals surface area contributed by atoms with Gasteiger partial charge in [-0.25, -0.2) is 4.39 Å². The fourth-order valence-corrected chi connectivity index (χ4v) is 1.85. The summed E-state index contributed by atoms with van der Waals surface area (Å²) in [5, 5.41) is 2.81. The average Bonchev–Trinajstić information content (AvgIpc) is 2.32. The van der Waals surface area contributed by atoms with Gasteiger partial charge in [0, 0.05) is 17.6 Å². The number of nitrogens with zero attached hydrogens (tertiary/aromatic N) is 1. The number of benzene rings is 1. The molecule has 0 saturated carbocycles. The minimum absolute atomic E-state index is 0.0330. The lowest BCUT2D eigenvalue weighted by Gasteiger charge is -2.19.